The molecule has 0 aromatic heterocycles. The van der Waals surface area contributed by atoms with Crippen LogP contribution in [0.25, 0.3) is 0 Å². The highest BCUT2D eigenvalue weighted by molar-refractivity contribution is 6.24. The Morgan fingerprint density at radius 2 is 2.08 bits per heavy atom. The van der Waals surface area contributed by atoms with Gasteiger partial charge in [0.25, 0.3) is 0 Å². The van der Waals surface area contributed by atoms with E-state index in [0.29, 0.717) is 23.6 Å². The van der Waals surface area contributed by atoms with E-state index in [0.717, 1.165) is 0 Å². The quantitative estimate of drug-likeness (QED) is 0.476. The molecule has 0 N–H and O–H groups in total. The summed E-state index contributed by atoms with van der Waals surface area (Å²) >= 11 is 0. The average Bonchev–Trinajstić information content (AvgIpc) is 3.17. The Hall–Kier alpha value is -2.47. The van der Waals surface area contributed by atoms with Crippen LogP contribution < -0.4 is 9.64 Å². The number of anilines is 1. The molecule has 3 aliphatic rings. The van der Waals surface area contributed by atoms with E-state index < -0.39 is 17.4 Å². The molecule has 2 saturated heterocycles. The molecule has 2 bridgehead atoms. The second kappa shape index (κ2) is 5.26. The molecule has 0 aliphatic carbocycles. The molecule has 6 nitrogen and oxygen atoms in total. The first-order valence-electron chi connectivity index (χ1n) is 8.40. The summed E-state index contributed by atoms with van der Waals surface area (Å²) in [5.74, 6) is -1.37. The van der Waals surface area contributed by atoms with Gasteiger partial charge in [0.15, 0.2) is 5.78 Å². The maximum absolute atomic E-state index is 13.1. The average molecular weight is 341 g/mol. The molecule has 0 unspecified atom stereocenters. The van der Waals surface area contributed by atoms with Crippen molar-refractivity contribution in [1.29, 1.82) is 0 Å². The zero-order valence-electron chi connectivity index (χ0n) is 14.3. The molecule has 25 heavy (non-hydrogen) atoms. The van der Waals surface area contributed by atoms with Crippen LogP contribution in [0.3, 0.4) is 0 Å². The number of amides is 2. The van der Waals surface area contributed by atoms with Gasteiger partial charge in [-0.1, -0.05) is 12.2 Å². The van der Waals surface area contributed by atoms with E-state index in [1.807, 2.05) is 26.0 Å². The third-order valence-corrected chi connectivity index (χ3v) is 5.24. The van der Waals surface area contributed by atoms with Crippen molar-refractivity contribution in [3.05, 3.63) is 35.9 Å². The van der Waals surface area contributed by atoms with Gasteiger partial charge < -0.3 is 9.47 Å². The van der Waals surface area contributed by atoms with Crippen LogP contribution in [-0.2, 0) is 14.3 Å². The second-order valence-electron chi connectivity index (χ2n) is 6.81. The maximum Gasteiger partial charge on any atom is 0.241 e. The van der Waals surface area contributed by atoms with Gasteiger partial charge in [0.2, 0.25) is 11.8 Å². The van der Waals surface area contributed by atoms with Gasteiger partial charge in [0.1, 0.15) is 5.75 Å². The summed E-state index contributed by atoms with van der Waals surface area (Å²) in [4.78, 5) is 39.0. The van der Waals surface area contributed by atoms with Crippen LogP contribution >= 0.6 is 0 Å². The van der Waals surface area contributed by atoms with E-state index in [1.54, 1.807) is 18.2 Å². The molecule has 0 spiro atoms. The Labute approximate surface area is 145 Å². The van der Waals surface area contributed by atoms with Gasteiger partial charge in [-0.05, 0) is 39.0 Å². The Balaban J connectivity index is 1.80. The lowest BCUT2D eigenvalue weighted by atomic mass is 9.78. The minimum Gasteiger partial charge on any atom is -0.492 e. The molecule has 3 aliphatic heterocycles. The van der Waals surface area contributed by atoms with E-state index in [2.05, 4.69) is 0 Å². The number of rotatable bonds is 4. The summed E-state index contributed by atoms with van der Waals surface area (Å²) in [5, 5.41) is 0. The SMILES string of the molecule is CCOc1ccc(C(C)=O)cc1N1C(=O)[C@@H]2[C@@H]3C=C[C@](C)(O3)[C@@H]2C1=O. The Morgan fingerprint density at radius 1 is 1.32 bits per heavy atom. The first-order valence-corrected chi connectivity index (χ1v) is 8.40. The number of nitrogens with zero attached hydrogens (tertiary/aromatic N) is 1. The Bertz CT molecular complexity index is 829. The van der Waals surface area contributed by atoms with Crippen LogP contribution in [0.15, 0.2) is 30.4 Å². The predicted molar refractivity (Wildman–Crippen MR) is 89.5 cm³/mol. The van der Waals surface area contributed by atoms with E-state index in [9.17, 15) is 14.4 Å². The molecule has 130 valence electrons. The fourth-order valence-corrected chi connectivity index (χ4v) is 4.08. The summed E-state index contributed by atoms with van der Waals surface area (Å²) in [6.45, 7) is 5.49. The highest BCUT2D eigenvalue weighted by Crippen LogP contribution is 2.53. The van der Waals surface area contributed by atoms with E-state index in [1.165, 1.54) is 11.8 Å². The van der Waals surface area contributed by atoms with Crippen LogP contribution in [0.1, 0.15) is 31.1 Å². The van der Waals surface area contributed by atoms with Gasteiger partial charge in [-0.2, -0.15) is 0 Å². The van der Waals surface area contributed by atoms with Gasteiger partial charge in [-0.15, -0.1) is 0 Å². The summed E-state index contributed by atoms with van der Waals surface area (Å²) in [5.41, 5.74) is 0.0162. The Kier molecular flexibility index (Phi) is 3.37. The molecule has 2 fully saturated rings. The normalized spacial score (nSPS) is 32.4. The smallest absolute Gasteiger partial charge is 0.241 e. The minimum absolute atomic E-state index is 0.138. The Morgan fingerprint density at radius 3 is 2.72 bits per heavy atom. The number of carbonyl (C=O) groups excluding carboxylic acids is 3. The number of ketones is 1. The van der Waals surface area contributed by atoms with E-state index in [4.69, 9.17) is 9.47 Å². The standard InChI is InChI=1S/C19H19NO5/c1-4-24-13-6-5-11(10(2)21)9-12(13)20-17(22)15-14-7-8-19(3,25-14)16(15)18(20)23/h5-9,14-16H,4H2,1-3H3/t14-,15+,16-,19-/m0/s1. The van der Waals surface area contributed by atoms with Crippen molar-refractivity contribution in [2.24, 2.45) is 11.8 Å². The van der Waals surface area contributed by atoms with Gasteiger partial charge in [-0.3, -0.25) is 14.4 Å². The zero-order chi connectivity index (χ0) is 17.9. The molecule has 2 amide bonds. The summed E-state index contributed by atoms with van der Waals surface area (Å²) < 4.78 is 11.4. The summed E-state index contributed by atoms with van der Waals surface area (Å²) in [6.07, 6.45) is 3.34. The van der Waals surface area contributed by atoms with Crippen LogP contribution in [0, 0.1) is 11.8 Å². The second-order valence-corrected chi connectivity index (χ2v) is 6.81. The molecule has 0 radical (unpaired) electrons. The monoisotopic (exact) mass is 341 g/mol. The van der Waals surface area contributed by atoms with Crippen molar-refractivity contribution in [3.8, 4) is 5.75 Å². The lowest BCUT2D eigenvalue weighted by molar-refractivity contribution is -0.126. The molecular formula is C19H19NO5. The largest absolute Gasteiger partial charge is 0.492 e. The fraction of sp³-hybridized carbons (Fsp3) is 0.421. The lowest BCUT2D eigenvalue weighted by Crippen LogP contribution is -2.38. The van der Waals surface area contributed by atoms with Gasteiger partial charge in [-0.25, -0.2) is 4.90 Å². The molecule has 4 rings (SSSR count). The van der Waals surface area contributed by atoms with Crippen LogP contribution in [0.5, 0.6) is 5.75 Å². The number of hydrogen-bond donors (Lipinski definition) is 0. The van der Waals surface area contributed by atoms with Crippen molar-refractivity contribution in [3.63, 3.8) is 0 Å². The van der Waals surface area contributed by atoms with Gasteiger partial charge in [0, 0.05) is 5.56 Å². The summed E-state index contributed by atoms with van der Waals surface area (Å²) in [7, 11) is 0. The number of Topliss-reactive ketones (excluding diaryl/α,β-unsaturated/α-hetero) is 1. The first kappa shape index (κ1) is 16.0. The topological polar surface area (TPSA) is 72.9 Å². The summed E-state index contributed by atoms with van der Waals surface area (Å²) in [6, 6.07) is 4.83. The number of hydrogen-bond acceptors (Lipinski definition) is 5. The van der Waals surface area contributed by atoms with Crippen molar-refractivity contribution < 1.29 is 23.9 Å². The molecule has 0 saturated carbocycles. The van der Waals surface area contributed by atoms with Gasteiger partial charge >= 0.3 is 0 Å². The van der Waals surface area contributed by atoms with Crippen LogP contribution in [-0.4, -0.2) is 35.9 Å². The fourth-order valence-electron chi connectivity index (χ4n) is 4.08. The number of benzene rings is 1. The number of carbonyl (C=O) groups is 3. The number of fused-ring (bicyclic) bond motifs is 5. The van der Waals surface area contributed by atoms with E-state index >= 15 is 0 Å². The van der Waals surface area contributed by atoms with Crippen molar-refractivity contribution in [2.45, 2.75) is 32.5 Å². The van der Waals surface area contributed by atoms with Crippen molar-refractivity contribution in [2.75, 3.05) is 11.5 Å². The molecular weight excluding hydrogens is 322 g/mol. The number of imide groups is 1. The third-order valence-electron chi connectivity index (χ3n) is 5.24. The first-order chi connectivity index (χ1) is 11.9. The highest BCUT2D eigenvalue weighted by atomic mass is 16.5. The lowest BCUT2D eigenvalue weighted by Gasteiger charge is -2.25. The van der Waals surface area contributed by atoms with Crippen LogP contribution in [0.2, 0.25) is 0 Å². The minimum atomic E-state index is -0.749. The molecule has 3 heterocycles. The highest BCUT2D eigenvalue weighted by Gasteiger charge is 2.66. The zero-order valence-corrected chi connectivity index (χ0v) is 14.3. The maximum atomic E-state index is 13.1. The van der Waals surface area contributed by atoms with Gasteiger partial charge in [0.05, 0.1) is 35.8 Å². The molecule has 1 aromatic rings. The molecule has 6 heteroatoms. The van der Waals surface area contributed by atoms with Crippen molar-refractivity contribution in [1.82, 2.24) is 0 Å². The van der Waals surface area contributed by atoms with E-state index in [-0.39, 0.29) is 23.7 Å². The molecule has 4 atom stereocenters. The predicted octanol–water partition coefficient (Wildman–Crippen LogP) is 2.12. The van der Waals surface area contributed by atoms with Crippen LogP contribution in [0.4, 0.5) is 5.69 Å². The number of ether oxygens (including phenoxy) is 2. The van der Waals surface area contributed by atoms with Crippen molar-refractivity contribution >= 4 is 23.3 Å². The third kappa shape index (κ3) is 2.10. The molecule has 1 aromatic carbocycles.